The molecule has 0 aliphatic rings. The molecule has 1 N–H and O–H groups in total. The smallest absolute Gasteiger partial charge is 0.0371 e. The zero-order valence-corrected chi connectivity index (χ0v) is 14.1. The number of nitrogens with zero attached hydrogens (tertiary/aromatic N) is 1. The number of nitrogens with one attached hydrogen (secondary N) is 1. The molecule has 1 rings (SSSR count). The summed E-state index contributed by atoms with van der Waals surface area (Å²) in [7, 11) is 0. The molecule has 0 heterocycles. The van der Waals surface area contributed by atoms with Gasteiger partial charge < -0.3 is 10.2 Å². The van der Waals surface area contributed by atoms with Crippen molar-refractivity contribution in [3.05, 3.63) is 29.8 Å². The summed E-state index contributed by atoms with van der Waals surface area (Å²) in [5.74, 6) is 1.35. The van der Waals surface area contributed by atoms with Crippen LogP contribution >= 0.6 is 0 Å². The fourth-order valence-corrected chi connectivity index (χ4v) is 2.59. The Bertz CT molecular complexity index is 387. The predicted octanol–water partition coefficient (Wildman–Crippen LogP) is 4.09. The highest BCUT2D eigenvalue weighted by atomic mass is 15.2. The number of benzene rings is 1. The summed E-state index contributed by atoms with van der Waals surface area (Å²) in [4.78, 5) is 2.51. The third-order valence-electron chi connectivity index (χ3n) is 4.01. The van der Waals surface area contributed by atoms with Crippen LogP contribution in [0.3, 0.4) is 0 Å². The van der Waals surface area contributed by atoms with E-state index in [1.807, 2.05) is 0 Å². The molecule has 0 aliphatic heterocycles. The first-order valence-electron chi connectivity index (χ1n) is 7.99. The van der Waals surface area contributed by atoms with Crippen LogP contribution in [0.2, 0.25) is 0 Å². The summed E-state index contributed by atoms with van der Waals surface area (Å²) in [6, 6.07) is 9.37. The lowest BCUT2D eigenvalue weighted by atomic mass is 10.0. The number of rotatable bonds is 8. The molecule has 0 aliphatic carbocycles. The largest absolute Gasteiger partial charge is 0.369 e. The molecule has 2 unspecified atom stereocenters. The van der Waals surface area contributed by atoms with Gasteiger partial charge in [-0.15, -0.1) is 0 Å². The highest BCUT2D eigenvalue weighted by molar-refractivity contribution is 5.49. The Kier molecular flexibility index (Phi) is 7.08. The van der Waals surface area contributed by atoms with Crippen LogP contribution in [0.25, 0.3) is 0 Å². The zero-order valence-electron chi connectivity index (χ0n) is 14.1. The topological polar surface area (TPSA) is 15.3 Å². The van der Waals surface area contributed by atoms with Crippen molar-refractivity contribution in [2.24, 2.45) is 11.8 Å². The van der Waals surface area contributed by atoms with E-state index in [9.17, 15) is 0 Å². The van der Waals surface area contributed by atoms with E-state index in [4.69, 9.17) is 0 Å². The van der Waals surface area contributed by atoms with Crippen LogP contribution in [0, 0.1) is 18.8 Å². The van der Waals surface area contributed by atoms with Crippen molar-refractivity contribution in [3.8, 4) is 0 Å². The molecule has 0 fully saturated rings. The van der Waals surface area contributed by atoms with Crippen LogP contribution in [-0.4, -0.2) is 25.7 Å². The lowest BCUT2D eigenvalue weighted by Crippen LogP contribution is -2.41. The third kappa shape index (κ3) is 5.16. The van der Waals surface area contributed by atoms with Crippen molar-refractivity contribution in [1.82, 2.24) is 5.32 Å². The Balaban J connectivity index is 2.64. The van der Waals surface area contributed by atoms with Gasteiger partial charge in [-0.1, -0.05) is 32.9 Å². The van der Waals surface area contributed by atoms with Crippen molar-refractivity contribution < 1.29 is 0 Å². The summed E-state index contributed by atoms with van der Waals surface area (Å²) < 4.78 is 0. The number of hydrogen-bond donors (Lipinski definition) is 1. The minimum absolute atomic E-state index is 0.543. The maximum absolute atomic E-state index is 3.58. The van der Waals surface area contributed by atoms with Crippen LogP contribution in [0.1, 0.15) is 40.2 Å². The zero-order chi connectivity index (χ0) is 15.1. The minimum atomic E-state index is 0.543. The van der Waals surface area contributed by atoms with Gasteiger partial charge in [-0.3, -0.25) is 0 Å². The molecule has 0 bridgehead atoms. The van der Waals surface area contributed by atoms with Crippen molar-refractivity contribution in [3.63, 3.8) is 0 Å². The molecule has 0 radical (unpaired) electrons. The summed E-state index contributed by atoms with van der Waals surface area (Å²) in [5.41, 5.74) is 2.68. The highest BCUT2D eigenvalue weighted by Gasteiger charge is 2.19. The first kappa shape index (κ1) is 17.0. The van der Waals surface area contributed by atoms with Gasteiger partial charge in [0, 0.05) is 18.3 Å². The molecule has 0 spiro atoms. The van der Waals surface area contributed by atoms with Crippen molar-refractivity contribution in [2.45, 2.75) is 47.6 Å². The van der Waals surface area contributed by atoms with E-state index in [-0.39, 0.29) is 0 Å². The molecule has 1 aromatic carbocycles. The lowest BCUT2D eigenvalue weighted by Gasteiger charge is -2.35. The minimum Gasteiger partial charge on any atom is -0.369 e. The molecule has 2 heteroatoms. The summed E-state index contributed by atoms with van der Waals surface area (Å²) >= 11 is 0. The average Bonchev–Trinajstić information content (AvgIpc) is 2.39. The van der Waals surface area contributed by atoms with Gasteiger partial charge in [0.1, 0.15) is 0 Å². The molecule has 2 atom stereocenters. The van der Waals surface area contributed by atoms with Gasteiger partial charge in [-0.2, -0.15) is 0 Å². The van der Waals surface area contributed by atoms with Gasteiger partial charge in [0.15, 0.2) is 0 Å². The summed E-state index contributed by atoms with van der Waals surface area (Å²) in [5, 5.41) is 3.58. The Hall–Kier alpha value is -1.02. The molecule has 0 saturated heterocycles. The molecule has 1 aromatic rings. The van der Waals surface area contributed by atoms with E-state index >= 15 is 0 Å². The summed E-state index contributed by atoms with van der Waals surface area (Å²) in [6.07, 6.45) is 0. The van der Waals surface area contributed by atoms with E-state index in [2.05, 4.69) is 76.0 Å². The Morgan fingerprint density at radius 2 is 1.80 bits per heavy atom. The maximum Gasteiger partial charge on any atom is 0.0371 e. The summed E-state index contributed by atoms with van der Waals surface area (Å²) in [6.45, 7) is 16.8. The van der Waals surface area contributed by atoms with E-state index in [1.165, 1.54) is 11.3 Å². The second kappa shape index (κ2) is 8.31. The van der Waals surface area contributed by atoms with Crippen molar-refractivity contribution in [2.75, 3.05) is 24.5 Å². The molecule has 0 aromatic heterocycles. The predicted molar refractivity (Wildman–Crippen MR) is 90.5 cm³/mol. The normalized spacial score (nSPS) is 14.3. The van der Waals surface area contributed by atoms with E-state index in [0.717, 1.165) is 25.6 Å². The molecule has 114 valence electrons. The Labute approximate surface area is 125 Å². The second-order valence-corrected chi connectivity index (χ2v) is 6.40. The van der Waals surface area contributed by atoms with Crippen molar-refractivity contribution >= 4 is 5.69 Å². The monoisotopic (exact) mass is 276 g/mol. The second-order valence-electron chi connectivity index (χ2n) is 6.40. The molecule has 0 saturated carbocycles. The van der Waals surface area contributed by atoms with Gasteiger partial charge in [0.2, 0.25) is 0 Å². The van der Waals surface area contributed by atoms with Gasteiger partial charge >= 0.3 is 0 Å². The first-order chi connectivity index (χ1) is 9.45. The molecule has 0 amide bonds. The Morgan fingerprint density at radius 1 is 1.10 bits per heavy atom. The fraction of sp³-hybridized carbons (Fsp3) is 0.667. The van der Waals surface area contributed by atoms with Gasteiger partial charge in [0.25, 0.3) is 0 Å². The quantitative estimate of drug-likeness (QED) is 0.769. The standard InChI is InChI=1S/C18H32N2/c1-7-20(18-10-8-9-15(4)11-18)17(6)16(5)13-19-12-14(2)3/h8-11,14,16-17,19H,7,12-13H2,1-6H3. The number of hydrogen-bond acceptors (Lipinski definition) is 2. The van der Waals surface area contributed by atoms with Crippen LogP contribution in [0.4, 0.5) is 5.69 Å². The van der Waals surface area contributed by atoms with Crippen LogP contribution in [0.5, 0.6) is 0 Å². The molecule has 20 heavy (non-hydrogen) atoms. The number of aryl methyl sites for hydroxylation is 1. The van der Waals surface area contributed by atoms with Crippen LogP contribution in [0.15, 0.2) is 24.3 Å². The average molecular weight is 276 g/mol. The SMILES string of the molecule is CCN(c1cccc(C)c1)C(C)C(C)CNCC(C)C. The maximum atomic E-state index is 3.58. The molecular formula is C18H32N2. The molecular weight excluding hydrogens is 244 g/mol. The fourth-order valence-electron chi connectivity index (χ4n) is 2.59. The van der Waals surface area contributed by atoms with Crippen LogP contribution < -0.4 is 10.2 Å². The van der Waals surface area contributed by atoms with E-state index in [0.29, 0.717) is 12.0 Å². The van der Waals surface area contributed by atoms with Crippen molar-refractivity contribution in [1.29, 1.82) is 0 Å². The first-order valence-corrected chi connectivity index (χ1v) is 7.99. The Morgan fingerprint density at radius 3 is 2.35 bits per heavy atom. The highest BCUT2D eigenvalue weighted by Crippen LogP contribution is 2.21. The third-order valence-corrected chi connectivity index (χ3v) is 4.01. The molecule has 2 nitrogen and oxygen atoms in total. The van der Waals surface area contributed by atoms with Gasteiger partial charge in [-0.05, 0) is 63.4 Å². The van der Waals surface area contributed by atoms with Crippen LogP contribution in [-0.2, 0) is 0 Å². The van der Waals surface area contributed by atoms with Gasteiger partial charge in [-0.25, -0.2) is 0 Å². The lowest BCUT2D eigenvalue weighted by molar-refractivity contribution is 0.410. The van der Waals surface area contributed by atoms with Gasteiger partial charge in [0.05, 0.1) is 0 Å². The van der Waals surface area contributed by atoms with E-state index < -0.39 is 0 Å². The van der Waals surface area contributed by atoms with E-state index in [1.54, 1.807) is 0 Å². The number of anilines is 1.